The van der Waals surface area contributed by atoms with Gasteiger partial charge in [-0.1, -0.05) is 72.8 Å². The van der Waals surface area contributed by atoms with Crippen LogP contribution in [0.2, 0.25) is 0 Å². The van der Waals surface area contributed by atoms with E-state index in [2.05, 4.69) is 84.9 Å². The molecule has 0 aliphatic heterocycles. The van der Waals surface area contributed by atoms with E-state index in [1.165, 1.54) is 32.6 Å². The summed E-state index contributed by atoms with van der Waals surface area (Å²) in [5, 5.41) is 3.85. The van der Waals surface area contributed by atoms with Crippen molar-refractivity contribution in [3.63, 3.8) is 0 Å². The van der Waals surface area contributed by atoms with Gasteiger partial charge in [-0.25, -0.2) is 0 Å². The molecule has 0 bridgehead atoms. The maximum absolute atomic E-state index is 2.69. The molecule has 0 aromatic heterocycles. The predicted octanol–water partition coefficient (Wildman–Crippen LogP) is 4.48. The molecule has 3 aromatic rings. The first-order valence-electron chi connectivity index (χ1n) is 7.85. The Bertz CT molecular complexity index is 591. The van der Waals surface area contributed by atoms with Crippen LogP contribution in [0.25, 0.3) is 0 Å². The third-order valence-electron chi connectivity index (χ3n) is 3.57. The van der Waals surface area contributed by atoms with Crippen LogP contribution in [0.4, 0.5) is 0 Å². The summed E-state index contributed by atoms with van der Waals surface area (Å²) in [6.45, 7) is 6.30. The van der Waals surface area contributed by atoms with E-state index in [0.717, 1.165) is 0 Å². The van der Waals surface area contributed by atoms with E-state index in [0.29, 0.717) is 0 Å². The van der Waals surface area contributed by atoms with Crippen molar-refractivity contribution in [2.75, 3.05) is 0 Å². The summed E-state index contributed by atoms with van der Waals surface area (Å²) < 4.78 is 0. The quantitative estimate of drug-likeness (QED) is 0.330. The second kappa shape index (κ2) is 13.8. The normalized spacial score (nSPS) is 8.88. The van der Waals surface area contributed by atoms with Gasteiger partial charge in [-0.15, -0.1) is 27.7 Å². The van der Waals surface area contributed by atoms with Crippen molar-refractivity contribution in [1.29, 1.82) is 0 Å². The van der Waals surface area contributed by atoms with Crippen molar-refractivity contribution in [2.45, 2.75) is 20.8 Å². The van der Waals surface area contributed by atoms with Crippen molar-refractivity contribution in [2.24, 2.45) is 0 Å². The predicted molar refractivity (Wildman–Crippen MR) is 122 cm³/mol. The van der Waals surface area contributed by atoms with Gasteiger partial charge in [-0.05, 0) is 53.4 Å². The van der Waals surface area contributed by atoms with Gasteiger partial charge >= 0.3 is 0 Å². The molecule has 3 aromatic carbocycles. The summed E-state index contributed by atoms with van der Waals surface area (Å²) in [7, 11) is 8.06. The van der Waals surface area contributed by atoms with Gasteiger partial charge in [0.1, 0.15) is 0 Å². The van der Waals surface area contributed by atoms with Crippen LogP contribution >= 0.6 is 27.7 Å². The third kappa shape index (κ3) is 10.4. The van der Waals surface area contributed by atoms with Gasteiger partial charge in [-0.3, -0.25) is 0 Å². The van der Waals surface area contributed by atoms with Crippen LogP contribution < -0.4 is 15.9 Å². The third-order valence-corrected chi connectivity index (χ3v) is 5.51. The van der Waals surface area contributed by atoms with E-state index in [1.54, 1.807) is 0 Å². The zero-order chi connectivity index (χ0) is 17.9. The average molecular weight is 479 g/mol. The Kier molecular flexibility index (Phi) is 13.6. The van der Waals surface area contributed by atoms with E-state index in [-0.39, 0.29) is 20.4 Å². The van der Waals surface area contributed by atoms with Gasteiger partial charge in [0.15, 0.2) is 0 Å². The number of hydrogen-bond acceptors (Lipinski definition) is 0. The number of hydrogen-bond donors (Lipinski definition) is 0. The fraction of sp³-hybridized carbons (Fsp3) is 0.143. The smallest absolute Gasteiger partial charge is 0 e. The molecule has 0 N–H and O–H groups in total. The summed E-state index contributed by atoms with van der Waals surface area (Å²) in [5.41, 5.74) is 3.99. The van der Waals surface area contributed by atoms with Crippen molar-refractivity contribution in [3.8, 4) is 0 Å². The summed E-state index contributed by atoms with van der Waals surface area (Å²) >= 11 is 0. The topological polar surface area (TPSA) is 0 Å². The Morgan fingerprint density at radius 2 is 0.640 bits per heavy atom. The number of aryl methyl sites for hydroxylation is 3. The molecule has 0 aliphatic carbocycles. The molecular formula is C21H27P3Pd. The largest absolute Gasteiger partial charge is 0.105 e. The Labute approximate surface area is 173 Å². The minimum Gasteiger partial charge on any atom is -0.105 e. The van der Waals surface area contributed by atoms with E-state index >= 15 is 0 Å². The Balaban J connectivity index is 0.000000339. The molecule has 0 fully saturated rings. The monoisotopic (exact) mass is 478 g/mol. The zero-order valence-corrected chi connectivity index (χ0v) is 20.0. The minimum atomic E-state index is 0. The first kappa shape index (κ1) is 24.6. The molecular weight excluding hydrogens is 452 g/mol. The van der Waals surface area contributed by atoms with Crippen LogP contribution in [0.1, 0.15) is 16.7 Å². The van der Waals surface area contributed by atoms with Crippen LogP contribution in [-0.4, -0.2) is 0 Å². The Morgan fingerprint density at radius 3 is 0.760 bits per heavy atom. The molecule has 0 nitrogen and oxygen atoms in total. The van der Waals surface area contributed by atoms with Crippen LogP contribution in [0, 0.1) is 20.8 Å². The summed E-state index contributed by atoms with van der Waals surface area (Å²) in [6, 6.07) is 24.8. The van der Waals surface area contributed by atoms with Gasteiger partial charge < -0.3 is 0 Å². The molecule has 136 valence electrons. The molecule has 0 heterocycles. The average Bonchev–Trinajstić information content (AvgIpc) is 2.57. The molecule has 0 amide bonds. The maximum atomic E-state index is 2.69. The molecule has 3 rings (SSSR count). The fourth-order valence-corrected chi connectivity index (χ4v) is 2.38. The maximum Gasteiger partial charge on any atom is 0 e. The molecule has 3 unspecified atom stereocenters. The Hall–Kier alpha value is -0.388. The van der Waals surface area contributed by atoms with Crippen LogP contribution in [0.15, 0.2) is 72.8 Å². The van der Waals surface area contributed by atoms with Gasteiger partial charge in [-0.2, -0.15) is 0 Å². The van der Waals surface area contributed by atoms with E-state index in [9.17, 15) is 0 Å². The molecule has 0 radical (unpaired) electrons. The van der Waals surface area contributed by atoms with Crippen molar-refractivity contribution < 1.29 is 20.4 Å². The second-order valence-electron chi connectivity index (χ2n) is 5.57. The van der Waals surface area contributed by atoms with Crippen molar-refractivity contribution >= 4 is 43.6 Å². The number of rotatable bonds is 0. The van der Waals surface area contributed by atoms with Crippen LogP contribution in [0.5, 0.6) is 0 Å². The van der Waals surface area contributed by atoms with Crippen LogP contribution in [0.3, 0.4) is 0 Å². The minimum absolute atomic E-state index is 0. The van der Waals surface area contributed by atoms with E-state index in [1.807, 2.05) is 36.4 Å². The molecule has 3 atom stereocenters. The zero-order valence-electron chi connectivity index (χ0n) is 15.0. The van der Waals surface area contributed by atoms with Crippen molar-refractivity contribution in [1.82, 2.24) is 0 Å². The van der Waals surface area contributed by atoms with Gasteiger partial charge in [0.05, 0.1) is 0 Å². The summed E-state index contributed by atoms with van der Waals surface area (Å²) in [5.74, 6) is 0. The summed E-state index contributed by atoms with van der Waals surface area (Å²) in [4.78, 5) is 0. The van der Waals surface area contributed by atoms with Gasteiger partial charge in [0.25, 0.3) is 0 Å². The molecule has 4 heteroatoms. The van der Waals surface area contributed by atoms with Gasteiger partial charge in [0, 0.05) is 20.4 Å². The Morgan fingerprint density at radius 1 is 0.440 bits per heavy atom. The first-order chi connectivity index (χ1) is 11.4. The molecule has 0 aliphatic rings. The molecule has 0 saturated carbocycles. The van der Waals surface area contributed by atoms with E-state index in [4.69, 9.17) is 0 Å². The SMILES string of the molecule is Cc1ccccc1P.Cc1ccccc1P.Cc1ccccc1P.[Pd]. The fourth-order valence-electron chi connectivity index (χ4n) is 1.76. The van der Waals surface area contributed by atoms with Gasteiger partial charge in [0.2, 0.25) is 0 Å². The van der Waals surface area contributed by atoms with Crippen LogP contribution in [-0.2, 0) is 20.4 Å². The molecule has 0 saturated heterocycles. The van der Waals surface area contributed by atoms with Crippen molar-refractivity contribution in [3.05, 3.63) is 89.5 Å². The standard InChI is InChI=1S/3C7H9P.Pd/c3*1-6-4-2-3-5-7(6)8;/h3*2-5H,8H2,1H3;. The molecule has 25 heavy (non-hydrogen) atoms. The molecule has 0 spiro atoms. The summed E-state index contributed by atoms with van der Waals surface area (Å²) in [6.07, 6.45) is 0. The number of benzene rings is 3. The first-order valence-corrected chi connectivity index (χ1v) is 9.58. The second-order valence-corrected chi connectivity index (χ2v) is 7.44. The van der Waals surface area contributed by atoms with E-state index < -0.39 is 0 Å².